The highest BCUT2D eigenvalue weighted by molar-refractivity contribution is 6.00. The number of aliphatic hydroxyl groups excluding tert-OH is 1. The van der Waals surface area contributed by atoms with Gasteiger partial charge in [0.2, 0.25) is 11.8 Å². The first-order valence-electron chi connectivity index (χ1n) is 15.9. The molecule has 0 radical (unpaired) electrons. The van der Waals surface area contributed by atoms with Crippen LogP contribution in [0.1, 0.15) is 61.9 Å². The second kappa shape index (κ2) is 16.7. The first-order valence-corrected chi connectivity index (χ1v) is 15.9. The molecule has 0 bridgehead atoms. The molecule has 11 nitrogen and oxygen atoms in total. The van der Waals surface area contributed by atoms with Crippen LogP contribution in [0.15, 0.2) is 67.0 Å². The van der Waals surface area contributed by atoms with Crippen molar-refractivity contribution in [2.24, 2.45) is 5.92 Å². The van der Waals surface area contributed by atoms with Crippen molar-refractivity contribution in [1.29, 1.82) is 0 Å². The Bertz CT molecular complexity index is 1470. The Morgan fingerprint density at radius 3 is 2.46 bits per heavy atom. The Morgan fingerprint density at radius 1 is 1.07 bits per heavy atom. The number of hydrogen-bond acceptors (Lipinski definition) is 8. The highest BCUT2D eigenvalue weighted by Gasteiger charge is 2.33. The number of amides is 3. The lowest BCUT2D eigenvalue weighted by atomic mass is 9.99. The Balaban J connectivity index is 1.35. The number of nitrogens with one attached hydrogen (secondary N) is 2. The van der Waals surface area contributed by atoms with Gasteiger partial charge in [0.1, 0.15) is 11.9 Å². The average Bonchev–Trinajstić information content (AvgIpc) is 3.04. The zero-order valence-corrected chi connectivity index (χ0v) is 26.9. The van der Waals surface area contributed by atoms with Crippen molar-refractivity contribution in [3.63, 3.8) is 0 Å². The number of carbonyl (C=O) groups is 3. The number of fused-ring (bicyclic) bond motifs is 1. The van der Waals surface area contributed by atoms with E-state index in [1.165, 1.54) is 0 Å². The van der Waals surface area contributed by atoms with E-state index in [2.05, 4.69) is 27.4 Å². The van der Waals surface area contributed by atoms with Crippen molar-refractivity contribution in [2.45, 2.75) is 64.6 Å². The maximum absolute atomic E-state index is 13.7. The second-order valence-corrected chi connectivity index (χ2v) is 12.1. The predicted octanol–water partition coefficient (Wildman–Crippen LogP) is 4.54. The van der Waals surface area contributed by atoms with Crippen LogP contribution in [-0.4, -0.2) is 76.5 Å². The lowest BCUT2D eigenvalue weighted by Gasteiger charge is -2.38. The number of rotatable bonds is 14. The molecule has 2 heterocycles. The van der Waals surface area contributed by atoms with Gasteiger partial charge in [-0.2, -0.15) is 0 Å². The third-order valence-corrected chi connectivity index (χ3v) is 8.18. The molecule has 0 saturated carbocycles. The number of aliphatic hydroxyl groups is 1. The number of likely N-dealkylation sites (N-methyl/N-ethyl adjacent to an activating group) is 1. The summed E-state index contributed by atoms with van der Waals surface area (Å²) in [4.78, 5) is 46.7. The second-order valence-electron chi connectivity index (χ2n) is 12.1. The van der Waals surface area contributed by atoms with Crippen molar-refractivity contribution < 1.29 is 24.2 Å². The van der Waals surface area contributed by atoms with E-state index in [1.54, 1.807) is 47.6 Å². The molecule has 246 valence electrons. The third kappa shape index (κ3) is 9.76. The van der Waals surface area contributed by atoms with E-state index < -0.39 is 0 Å². The number of nitrogens with zero attached hydrogens (tertiary/aromatic N) is 3. The van der Waals surface area contributed by atoms with Crippen molar-refractivity contribution in [3.8, 4) is 5.75 Å². The molecule has 2 aromatic carbocycles. The van der Waals surface area contributed by atoms with Crippen LogP contribution in [0.25, 0.3) is 0 Å². The van der Waals surface area contributed by atoms with E-state index in [-0.39, 0.29) is 48.8 Å². The van der Waals surface area contributed by atoms with Gasteiger partial charge in [0, 0.05) is 56.5 Å². The van der Waals surface area contributed by atoms with E-state index in [9.17, 15) is 19.5 Å². The molecular formula is C35H46N6O5. The number of nitrogen functional groups attached to an aromatic ring is 1. The van der Waals surface area contributed by atoms with Gasteiger partial charge in [0.25, 0.3) is 5.91 Å². The van der Waals surface area contributed by atoms with Crippen molar-refractivity contribution in [1.82, 2.24) is 14.8 Å². The number of aromatic nitrogens is 1. The lowest BCUT2D eigenvalue weighted by Crippen LogP contribution is -2.49. The molecule has 0 fully saturated rings. The SMILES string of the molecule is C[C@H]1CN([C@@H](C)CO)C(=O)c2cc(NC(=O)CCCCCC(=O)Nc3ccccc3N)ccc2O[C@H]1CN(C)Cc1ccncc1. The summed E-state index contributed by atoms with van der Waals surface area (Å²) in [5, 5.41) is 15.7. The number of nitrogens with two attached hydrogens (primary N) is 1. The molecule has 0 unspecified atom stereocenters. The smallest absolute Gasteiger partial charge is 0.258 e. The first-order chi connectivity index (χ1) is 22.1. The number of para-hydroxylation sites is 2. The summed E-state index contributed by atoms with van der Waals surface area (Å²) >= 11 is 0. The van der Waals surface area contributed by atoms with Crippen LogP contribution < -0.4 is 21.1 Å². The van der Waals surface area contributed by atoms with E-state index in [4.69, 9.17) is 10.5 Å². The van der Waals surface area contributed by atoms with Gasteiger partial charge in [-0.25, -0.2) is 0 Å². The summed E-state index contributed by atoms with van der Waals surface area (Å²) in [6.07, 6.45) is 5.92. The molecule has 1 aliphatic rings. The van der Waals surface area contributed by atoms with Crippen LogP contribution in [0.4, 0.5) is 17.1 Å². The largest absolute Gasteiger partial charge is 0.488 e. The molecule has 3 amide bonds. The fourth-order valence-electron chi connectivity index (χ4n) is 5.48. The number of hydrogen-bond donors (Lipinski definition) is 4. The van der Waals surface area contributed by atoms with Crippen LogP contribution in [0.3, 0.4) is 0 Å². The molecule has 0 spiro atoms. The minimum absolute atomic E-state index is 0.00656. The van der Waals surface area contributed by atoms with Crippen molar-refractivity contribution in [3.05, 3.63) is 78.1 Å². The van der Waals surface area contributed by atoms with Gasteiger partial charge in [-0.1, -0.05) is 25.5 Å². The monoisotopic (exact) mass is 630 g/mol. The maximum atomic E-state index is 13.7. The topological polar surface area (TPSA) is 150 Å². The summed E-state index contributed by atoms with van der Waals surface area (Å²) in [6.45, 7) is 5.47. The van der Waals surface area contributed by atoms with Gasteiger partial charge in [0.05, 0.1) is 29.6 Å². The molecule has 11 heteroatoms. The normalized spacial score (nSPS) is 17.0. The van der Waals surface area contributed by atoms with E-state index in [1.807, 2.05) is 38.2 Å². The molecule has 4 rings (SSSR count). The fraction of sp³-hybridized carbons (Fsp3) is 0.429. The van der Waals surface area contributed by atoms with Gasteiger partial charge >= 0.3 is 0 Å². The third-order valence-electron chi connectivity index (χ3n) is 8.18. The summed E-state index contributed by atoms with van der Waals surface area (Å²) in [7, 11) is 2.03. The molecule has 46 heavy (non-hydrogen) atoms. The van der Waals surface area contributed by atoms with Crippen LogP contribution in [0.5, 0.6) is 5.75 Å². The number of ether oxygens (including phenoxy) is 1. The zero-order chi connectivity index (χ0) is 33.1. The van der Waals surface area contributed by atoms with Gasteiger partial charge in [-0.15, -0.1) is 0 Å². The standard InChI is InChI=1S/C35H46N6O5/c1-24-20-41(25(2)23-42)35(45)28-19-27(13-14-31(28)46-32(24)22-40(3)21-26-15-17-37-18-16-26)38-33(43)11-5-4-6-12-34(44)39-30-10-8-7-9-29(30)36/h7-10,13-19,24-25,32,42H,4-6,11-12,20-23,36H2,1-3H3,(H,38,43)(H,39,44)/t24-,25-,32-/m0/s1. The number of unbranched alkanes of at least 4 members (excludes halogenated alkanes) is 2. The van der Waals surface area contributed by atoms with Crippen LogP contribution in [-0.2, 0) is 16.1 Å². The zero-order valence-electron chi connectivity index (χ0n) is 26.9. The molecule has 5 N–H and O–H groups in total. The van der Waals surface area contributed by atoms with E-state index in [0.29, 0.717) is 67.1 Å². The lowest BCUT2D eigenvalue weighted by molar-refractivity contribution is -0.116. The van der Waals surface area contributed by atoms with Crippen LogP contribution >= 0.6 is 0 Å². The Hall–Kier alpha value is -4.48. The maximum Gasteiger partial charge on any atom is 0.258 e. The Labute approximate surface area is 271 Å². The number of carbonyl (C=O) groups excluding carboxylic acids is 3. The Kier molecular flexibility index (Phi) is 12.5. The molecule has 1 aliphatic heterocycles. The average molecular weight is 631 g/mol. The van der Waals surface area contributed by atoms with Crippen LogP contribution in [0.2, 0.25) is 0 Å². The molecule has 0 aliphatic carbocycles. The van der Waals surface area contributed by atoms with E-state index >= 15 is 0 Å². The first kappa shape index (κ1) is 34.4. The van der Waals surface area contributed by atoms with Gasteiger partial charge < -0.3 is 31.1 Å². The molecule has 1 aromatic heterocycles. The summed E-state index contributed by atoms with van der Waals surface area (Å²) in [5.74, 6) is -0.101. The minimum Gasteiger partial charge on any atom is -0.488 e. The van der Waals surface area contributed by atoms with Crippen LogP contribution in [0, 0.1) is 5.92 Å². The molecular weight excluding hydrogens is 584 g/mol. The van der Waals surface area contributed by atoms with Crippen molar-refractivity contribution >= 4 is 34.8 Å². The number of pyridine rings is 1. The quantitative estimate of drug-likeness (QED) is 0.150. The molecule has 3 aromatic rings. The van der Waals surface area contributed by atoms with E-state index in [0.717, 1.165) is 12.1 Å². The summed E-state index contributed by atoms with van der Waals surface area (Å²) < 4.78 is 6.49. The van der Waals surface area contributed by atoms with Crippen molar-refractivity contribution in [2.75, 3.05) is 43.1 Å². The van der Waals surface area contributed by atoms with Gasteiger partial charge in [0.15, 0.2) is 0 Å². The summed E-state index contributed by atoms with van der Waals surface area (Å²) in [6, 6.07) is 15.8. The highest BCUT2D eigenvalue weighted by atomic mass is 16.5. The fourth-order valence-corrected chi connectivity index (χ4v) is 5.48. The van der Waals surface area contributed by atoms with Gasteiger partial charge in [-0.3, -0.25) is 24.3 Å². The minimum atomic E-state index is -0.388. The Morgan fingerprint density at radius 2 is 1.76 bits per heavy atom. The van der Waals surface area contributed by atoms with Gasteiger partial charge in [-0.05, 0) is 74.8 Å². The molecule has 0 saturated heterocycles. The predicted molar refractivity (Wildman–Crippen MR) is 179 cm³/mol. The summed E-state index contributed by atoms with van der Waals surface area (Å²) in [5.41, 5.74) is 8.98. The number of benzene rings is 2. The highest BCUT2D eigenvalue weighted by Crippen LogP contribution is 2.31. The number of anilines is 3. The molecule has 3 atom stereocenters.